The van der Waals surface area contributed by atoms with Crippen molar-refractivity contribution in [3.8, 4) is 0 Å². The summed E-state index contributed by atoms with van der Waals surface area (Å²) in [5, 5.41) is 16.7. The highest BCUT2D eigenvalue weighted by Crippen LogP contribution is 2.19. The van der Waals surface area contributed by atoms with E-state index in [9.17, 15) is 5.11 Å². The molecule has 0 radical (unpaired) electrons. The van der Waals surface area contributed by atoms with Gasteiger partial charge in [-0.1, -0.05) is 18.2 Å². The Morgan fingerprint density at radius 2 is 1.90 bits per heavy atom. The minimum Gasteiger partial charge on any atom is -0.391 e. The Hall–Kier alpha value is -1.10. The Morgan fingerprint density at radius 1 is 1.15 bits per heavy atom. The summed E-state index contributed by atoms with van der Waals surface area (Å²) in [6.45, 7) is 4.86. The van der Waals surface area contributed by atoms with E-state index in [-0.39, 0.29) is 6.10 Å². The molecule has 2 unspecified atom stereocenters. The van der Waals surface area contributed by atoms with Crippen LogP contribution in [0.15, 0.2) is 30.3 Å². The standard InChI is InChI=1S/C16H25N3O/c20-16-12-17-10-13(16)11-18-14-6-8-19(9-7-14)15-4-2-1-3-5-15/h1-5,13-14,16-18,20H,6-12H2. The van der Waals surface area contributed by atoms with Gasteiger partial charge in [-0.3, -0.25) is 0 Å². The lowest BCUT2D eigenvalue weighted by Crippen LogP contribution is -2.45. The lowest BCUT2D eigenvalue weighted by atomic mass is 10.0. The molecule has 3 N–H and O–H groups in total. The van der Waals surface area contributed by atoms with Gasteiger partial charge in [-0.2, -0.15) is 0 Å². The number of aliphatic hydroxyl groups is 1. The molecule has 0 saturated carbocycles. The molecule has 1 aromatic carbocycles. The van der Waals surface area contributed by atoms with Crippen molar-refractivity contribution in [3.63, 3.8) is 0 Å². The third-order valence-corrected chi connectivity index (χ3v) is 4.59. The van der Waals surface area contributed by atoms with E-state index < -0.39 is 0 Å². The van der Waals surface area contributed by atoms with E-state index in [4.69, 9.17) is 0 Å². The van der Waals surface area contributed by atoms with E-state index in [0.717, 1.165) is 32.7 Å². The van der Waals surface area contributed by atoms with Gasteiger partial charge in [0, 0.05) is 50.4 Å². The molecule has 0 amide bonds. The second-order valence-corrected chi connectivity index (χ2v) is 5.99. The summed E-state index contributed by atoms with van der Waals surface area (Å²) < 4.78 is 0. The van der Waals surface area contributed by atoms with Crippen molar-refractivity contribution in [2.24, 2.45) is 5.92 Å². The van der Waals surface area contributed by atoms with Crippen molar-refractivity contribution in [1.29, 1.82) is 0 Å². The van der Waals surface area contributed by atoms with Crippen molar-refractivity contribution < 1.29 is 5.11 Å². The number of nitrogens with zero attached hydrogens (tertiary/aromatic N) is 1. The van der Waals surface area contributed by atoms with Crippen molar-refractivity contribution in [2.75, 3.05) is 37.6 Å². The lowest BCUT2D eigenvalue weighted by molar-refractivity contribution is 0.143. The molecular weight excluding hydrogens is 250 g/mol. The Kier molecular flexibility index (Phi) is 4.55. The fourth-order valence-electron chi connectivity index (χ4n) is 3.23. The van der Waals surface area contributed by atoms with Crippen molar-refractivity contribution in [2.45, 2.75) is 25.0 Å². The van der Waals surface area contributed by atoms with Gasteiger partial charge in [0.1, 0.15) is 0 Å². The van der Waals surface area contributed by atoms with E-state index in [2.05, 4.69) is 45.9 Å². The van der Waals surface area contributed by atoms with Gasteiger partial charge in [0.05, 0.1) is 6.10 Å². The maximum absolute atomic E-state index is 9.80. The predicted molar refractivity (Wildman–Crippen MR) is 82.0 cm³/mol. The van der Waals surface area contributed by atoms with Crippen LogP contribution in [0.1, 0.15) is 12.8 Å². The summed E-state index contributed by atoms with van der Waals surface area (Å²) in [6, 6.07) is 11.3. The highest BCUT2D eigenvalue weighted by molar-refractivity contribution is 5.46. The Balaban J connectivity index is 1.42. The van der Waals surface area contributed by atoms with Crippen LogP contribution < -0.4 is 15.5 Å². The second-order valence-electron chi connectivity index (χ2n) is 5.99. The normalized spacial score (nSPS) is 27.9. The summed E-state index contributed by atoms with van der Waals surface area (Å²) in [7, 11) is 0. The van der Waals surface area contributed by atoms with Gasteiger partial charge >= 0.3 is 0 Å². The predicted octanol–water partition coefficient (Wildman–Crippen LogP) is 0.825. The Labute approximate surface area is 121 Å². The number of aliphatic hydroxyl groups excluding tert-OH is 1. The van der Waals surface area contributed by atoms with Crippen LogP contribution in [0, 0.1) is 5.92 Å². The van der Waals surface area contributed by atoms with Gasteiger partial charge in [-0.05, 0) is 25.0 Å². The summed E-state index contributed by atoms with van der Waals surface area (Å²) >= 11 is 0. The summed E-state index contributed by atoms with van der Waals surface area (Å²) in [6.07, 6.45) is 2.20. The first-order valence-corrected chi connectivity index (χ1v) is 7.75. The summed E-state index contributed by atoms with van der Waals surface area (Å²) in [4.78, 5) is 2.46. The van der Waals surface area contributed by atoms with Crippen LogP contribution in [0.25, 0.3) is 0 Å². The molecule has 4 heteroatoms. The molecule has 2 aliphatic heterocycles. The molecule has 3 rings (SSSR count). The molecule has 110 valence electrons. The number of benzene rings is 1. The molecule has 0 aromatic heterocycles. The number of β-amino-alcohol motifs (C(OH)–C–C–N with tert-alkyl or cyclic N) is 1. The van der Waals surface area contributed by atoms with Crippen LogP contribution in [0.4, 0.5) is 5.69 Å². The third kappa shape index (κ3) is 3.32. The van der Waals surface area contributed by atoms with Crippen LogP contribution in [0.5, 0.6) is 0 Å². The second kappa shape index (κ2) is 6.57. The average molecular weight is 275 g/mol. The number of anilines is 1. The lowest BCUT2D eigenvalue weighted by Gasteiger charge is -2.34. The minimum absolute atomic E-state index is 0.174. The number of hydrogen-bond donors (Lipinski definition) is 3. The van der Waals surface area contributed by atoms with E-state index in [1.165, 1.54) is 18.5 Å². The van der Waals surface area contributed by atoms with Gasteiger partial charge in [0.25, 0.3) is 0 Å². The topological polar surface area (TPSA) is 47.5 Å². The number of para-hydroxylation sites is 1. The number of rotatable bonds is 4. The van der Waals surface area contributed by atoms with E-state index in [0.29, 0.717) is 12.0 Å². The molecule has 2 aliphatic rings. The van der Waals surface area contributed by atoms with Gasteiger partial charge < -0.3 is 20.6 Å². The molecule has 1 aromatic rings. The molecule has 2 heterocycles. The maximum Gasteiger partial charge on any atom is 0.0716 e. The van der Waals surface area contributed by atoms with Crippen molar-refractivity contribution in [1.82, 2.24) is 10.6 Å². The van der Waals surface area contributed by atoms with Crippen molar-refractivity contribution >= 4 is 5.69 Å². The average Bonchev–Trinajstić information content (AvgIpc) is 2.92. The first kappa shape index (κ1) is 13.9. The van der Waals surface area contributed by atoms with Crippen molar-refractivity contribution in [3.05, 3.63) is 30.3 Å². The Bertz CT molecular complexity index is 403. The molecule has 4 nitrogen and oxygen atoms in total. The highest BCUT2D eigenvalue weighted by atomic mass is 16.3. The molecule has 0 aliphatic carbocycles. The largest absolute Gasteiger partial charge is 0.391 e. The van der Waals surface area contributed by atoms with Crippen LogP contribution in [-0.2, 0) is 0 Å². The first-order valence-electron chi connectivity index (χ1n) is 7.75. The molecule has 2 atom stereocenters. The minimum atomic E-state index is -0.174. The first-order chi connectivity index (χ1) is 9.83. The van der Waals surface area contributed by atoms with Crippen LogP contribution in [0.2, 0.25) is 0 Å². The van der Waals surface area contributed by atoms with Gasteiger partial charge in [-0.25, -0.2) is 0 Å². The highest BCUT2D eigenvalue weighted by Gasteiger charge is 2.26. The van der Waals surface area contributed by atoms with Crippen LogP contribution >= 0.6 is 0 Å². The van der Waals surface area contributed by atoms with Gasteiger partial charge in [0.15, 0.2) is 0 Å². The van der Waals surface area contributed by atoms with E-state index in [1.807, 2.05) is 0 Å². The molecular formula is C16H25N3O. The molecule has 0 bridgehead atoms. The zero-order chi connectivity index (χ0) is 13.8. The number of piperidine rings is 1. The van der Waals surface area contributed by atoms with Gasteiger partial charge in [0.2, 0.25) is 0 Å². The quantitative estimate of drug-likeness (QED) is 0.761. The van der Waals surface area contributed by atoms with Crippen LogP contribution in [-0.4, -0.2) is 50.0 Å². The third-order valence-electron chi connectivity index (χ3n) is 4.59. The smallest absolute Gasteiger partial charge is 0.0716 e. The summed E-state index contributed by atoms with van der Waals surface area (Å²) in [5.41, 5.74) is 1.33. The van der Waals surface area contributed by atoms with Crippen LogP contribution in [0.3, 0.4) is 0 Å². The molecule has 2 fully saturated rings. The number of nitrogens with one attached hydrogen (secondary N) is 2. The van der Waals surface area contributed by atoms with E-state index >= 15 is 0 Å². The monoisotopic (exact) mass is 275 g/mol. The zero-order valence-electron chi connectivity index (χ0n) is 12.0. The molecule has 0 spiro atoms. The van der Waals surface area contributed by atoms with Gasteiger partial charge in [-0.15, -0.1) is 0 Å². The molecule has 2 saturated heterocycles. The SMILES string of the molecule is OC1CNCC1CNC1CCN(c2ccccc2)CC1. The molecule has 20 heavy (non-hydrogen) atoms. The number of hydrogen-bond acceptors (Lipinski definition) is 4. The fraction of sp³-hybridized carbons (Fsp3) is 0.625. The summed E-state index contributed by atoms with van der Waals surface area (Å²) in [5.74, 6) is 0.377. The maximum atomic E-state index is 9.80. The Morgan fingerprint density at radius 3 is 2.55 bits per heavy atom. The zero-order valence-corrected chi connectivity index (χ0v) is 12.0. The van der Waals surface area contributed by atoms with E-state index in [1.54, 1.807) is 0 Å². The fourth-order valence-corrected chi connectivity index (χ4v) is 3.23.